The van der Waals surface area contributed by atoms with Gasteiger partial charge in [-0.05, 0) is 46.2 Å². The van der Waals surface area contributed by atoms with Crippen molar-refractivity contribution in [3.8, 4) is 11.1 Å². The molecule has 1 aliphatic rings. The molecule has 1 atom stereocenters. The van der Waals surface area contributed by atoms with Gasteiger partial charge in [0, 0.05) is 30.3 Å². The number of benzene rings is 1. The number of hydrogen-bond acceptors (Lipinski definition) is 3. The van der Waals surface area contributed by atoms with Crippen LogP contribution in [0.3, 0.4) is 0 Å². The number of rotatable bonds is 4. The third-order valence-corrected chi connectivity index (χ3v) is 5.31. The van der Waals surface area contributed by atoms with E-state index in [9.17, 15) is 4.79 Å². The van der Waals surface area contributed by atoms with Crippen LogP contribution in [0.2, 0.25) is 0 Å². The van der Waals surface area contributed by atoms with Crippen LogP contribution in [0.4, 0.5) is 0 Å². The molecule has 0 bridgehead atoms. The molecular weight excluding hydrogens is 312 g/mol. The van der Waals surface area contributed by atoms with Crippen LogP contribution in [-0.4, -0.2) is 46.7 Å². The van der Waals surface area contributed by atoms with Gasteiger partial charge < -0.3 is 10.2 Å². The lowest BCUT2D eigenvalue weighted by molar-refractivity contribution is -0.138. The highest BCUT2D eigenvalue weighted by Crippen LogP contribution is 2.33. The van der Waals surface area contributed by atoms with Crippen LogP contribution in [0, 0.1) is 6.92 Å². The minimum absolute atomic E-state index is 0.163. The third-order valence-electron chi connectivity index (χ3n) is 5.31. The predicted molar refractivity (Wildman–Crippen MR) is 100 cm³/mol. The summed E-state index contributed by atoms with van der Waals surface area (Å²) >= 11 is 0. The summed E-state index contributed by atoms with van der Waals surface area (Å²) in [7, 11) is 1.84. The highest BCUT2D eigenvalue weighted by molar-refractivity contribution is 5.85. The minimum Gasteiger partial charge on any atom is -0.340 e. The number of H-pyrrole nitrogens is 1. The zero-order valence-corrected chi connectivity index (χ0v) is 15.6. The Morgan fingerprint density at radius 1 is 1.32 bits per heavy atom. The average molecular weight is 340 g/mol. The quantitative estimate of drug-likeness (QED) is 0.899. The van der Waals surface area contributed by atoms with E-state index in [4.69, 9.17) is 0 Å². The molecule has 0 spiro atoms. The fraction of sp³-hybridized carbons (Fsp3) is 0.500. The molecule has 25 heavy (non-hydrogen) atoms. The number of hydrogen-bond donors (Lipinski definition) is 2. The third kappa shape index (κ3) is 3.61. The van der Waals surface area contributed by atoms with E-state index in [1.807, 2.05) is 32.0 Å². The Kier molecular flexibility index (Phi) is 4.95. The van der Waals surface area contributed by atoms with Gasteiger partial charge in [-0.3, -0.25) is 9.89 Å². The van der Waals surface area contributed by atoms with Gasteiger partial charge in [0.05, 0.1) is 11.7 Å². The zero-order valence-electron chi connectivity index (χ0n) is 15.6. The number of aryl methyl sites for hydroxylation is 1. The molecule has 2 N–H and O–H groups in total. The molecule has 1 aliphatic heterocycles. The Hall–Kier alpha value is -2.14. The molecule has 0 radical (unpaired) electrons. The molecule has 134 valence electrons. The minimum atomic E-state index is -0.532. The van der Waals surface area contributed by atoms with Crippen LogP contribution >= 0.6 is 0 Å². The number of nitrogens with one attached hydrogen (secondary N) is 2. The van der Waals surface area contributed by atoms with Gasteiger partial charge >= 0.3 is 0 Å². The van der Waals surface area contributed by atoms with Crippen molar-refractivity contribution in [1.82, 2.24) is 20.4 Å². The molecule has 2 heterocycles. The van der Waals surface area contributed by atoms with Crippen LogP contribution in [0.15, 0.2) is 30.5 Å². The molecule has 1 saturated heterocycles. The van der Waals surface area contributed by atoms with E-state index in [0.29, 0.717) is 5.92 Å². The Balaban J connectivity index is 1.82. The van der Waals surface area contributed by atoms with E-state index in [2.05, 4.69) is 46.7 Å². The number of aromatic amines is 1. The second-order valence-corrected chi connectivity index (χ2v) is 7.53. The molecular formula is C20H28N4O. The summed E-state index contributed by atoms with van der Waals surface area (Å²) in [6.45, 7) is 7.54. The van der Waals surface area contributed by atoms with Crippen LogP contribution < -0.4 is 5.32 Å². The lowest BCUT2D eigenvalue weighted by Crippen LogP contribution is -2.54. The maximum atomic E-state index is 12.8. The van der Waals surface area contributed by atoms with Gasteiger partial charge in [-0.2, -0.15) is 5.10 Å². The summed E-state index contributed by atoms with van der Waals surface area (Å²) in [6, 6.07) is 8.52. The van der Waals surface area contributed by atoms with Gasteiger partial charge in [-0.25, -0.2) is 0 Å². The van der Waals surface area contributed by atoms with Crippen molar-refractivity contribution in [3.63, 3.8) is 0 Å². The topological polar surface area (TPSA) is 61.0 Å². The SMILES string of the molecule is CNC(C)(C)C(=O)N1CCCC(c2[nH]ncc2-c2ccc(C)cc2)C1. The van der Waals surface area contributed by atoms with Gasteiger partial charge in [0.2, 0.25) is 5.91 Å². The monoisotopic (exact) mass is 340 g/mol. The van der Waals surface area contributed by atoms with E-state index < -0.39 is 5.54 Å². The maximum absolute atomic E-state index is 12.8. The van der Waals surface area contributed by atoms with E-state index >= 15 is 0 Å². The molecule has 3 rings (SSSR count). The number of carbonyl (C=O) groups excluding carboxylic acids is 1. The molecule has 1 aromatic carbocycles. The van der Waals surface area contributed by atoms with E-state index in [-0.39, 0.29) is 5.91 Å². The molecule has 5 nitrogen and oxygen atoms in total. The van der Waals surface area contributed by atoms with E-state index in [1.54, 1.807) is 0 Å². The second kappa shape index (κ2) is 7.00. The van der Waals surface area contributed by atoms with Crippen molar-refractivity contribution in [1.29, 1.82) is 0 Å². The summed E-state index contributed by atoms with van der Waals surface area (Å²) in [4.78, 5) is 14.8. The van der Waals surface area contributed by atoms with Crippen LogP contribution in [0.5, 0.6) is 0 Å². The number of likely N-dealkylation sites (tertiary alicyclic amines) is 1. The number of nitrogens with zero attached hydrogens (tertiary/aromatic N) is 2. The molecule has 0 aliphatic carbocycles. The summed E-state index contributed by atoms with van der Waals surface area (Å²) in [6.07, 6.45) is 3.99. The molecule has 5 heteroatoms. The Bertz CT molecular complexity index is 732. The van der Waals surface area contributed by atoms with Gasteiger partial charge in [0.15, 0.2) is 0 Å². The number of likely N-dealkylation sites (N-methyl/N-ethyl adjacent to an activating group) is 1. The van der Waals surface area contributed by atoms with Gasteiger partial charge in [-0.15, -0.1) is 0 Å². The van der Waals surface area contributed by atoms with Crippen molar-refractivity contribution in [2.75, 3.05) is 20.1 Å². The Morgan fingerprint density at radius 2 is 2.04 bits per heavy atom. The largest absolute Gasteiger partial charge is 0.340 e. The molecule has 1 amide bonds. The van der Waals surface area contributed by atoms with Crippen molar-refractivity contribution in [2.45, 2.75) is 45.1 Å². The molecule has 1 fully saturated rings. The number of amides is 1. The van der Waals surface area contributed by atoms with Crippen LogP contribution in [0.1, 0.15) is 43.9 Å². The number of carbonyl (C=O) groups is 1. The Labute approximate surface area is 149 Å². The summed E-state index contributed by atoms with van der Waals surface area (Å²) in [5.74, 6) is 0.459. The first-order valence-electron chi connectivity index (χ1n) is 9.01. The first-order valence-corrected chi connectivity index (χ1v) is 9.01. The zero-order chi connectivity index (χ0) is 18.0. The summed E-state index contributed by atoms with van der Waals surface area (Å²) in [5, 5.41) is 10.6. The second-order valence-electron chi connectivity index (χ2n) is 7.53. The predicted octanol–water partition coefficient (Wildman–Crippen LogP) is 3.09. The van der Waals surface area contributed by atoms with E-state index in [0.717, 1.165) is 37.2 Å². The van der Waals surface area contributed by atoms with Crippen LogP contribution in [-0.2, 0) is 4.79 Å². The molecule has 2 aromatic rings. The first kappa shape index (κ1) is 17.7. The smallest absolute Gasteiger partial charge is 0.242 e. The van der Waals surface area contributed by atoms with Crippen molar-refractivity contribution in [3.05, 3.63) is 41.7 Å². The molecule has 0 saturated carbocycles. The van der Waals surface area contributed by atoms with Crippen molar-refractivity contribution >= 4 is 5.91 Å². The van der Waals surface area contributed by atoms with Gasteiger partial charge in [-0.1, -0.05) is 29.8 Å². The lowest BCUT2D eigenvalue weighted by Gasteiger charge is -2.37. The molecule has 1 unspecified atom stereocenters. The highest BCUT2D eigenvalue weighted by atomic mass is 16.2. The average Bonchev–Trinajstić information content (AvgIpc) is 3.11. The summed E-state index contributed by atoms with van der Waals surface area (Å²) < 4.78 is 0. The van der Waals surface area contributed by atoms with Crippen molar-refractivity contribution in [2.24, 2.45) is 0 Å². The maximum Gasteiger partial charge on any atom is 0.242 e. The normalized spacial score (nSPS) is 18.4. The fourth-order valence-corrected chi connectivity index (χ4v) is 3.47. The lowest BCUT2D eigenvalue weighted by atomic mass is 9.89. The number of aromatic nitrogens is 2. The van der Waals surface area contributed by atoms with Crippen molar-refractivity contribution < 1.29 is 4.79 Å². The standard InChI is InChI=1S/C20H28N4O/c1-14-7-9-15(10-8-14)17-12-22-23-18(17)16-6-5-11-24(13-16)19(25)20(2,3)21-4/h7-10,12,16,21H,5-6,11,13H2,1-4H3,(H,22,23). The fourth-order valence-electron chi connectivity index (χ4n) is 3.47. The number of piperidine rings is 1. The van der Waals surface area contributed by atoms with Crippen LogP contribution in [0.25, 0.3) is 11.1 Å². The highest BCUT2D eigenvalue weighted by Gasteiger charge is 2.34. The summed E-state index contributed by atoms with van der Waals surface area (Å²) in [5.41, 5.74) is 4.18. The first-order chi connectivity index (χ1) is 11.9. The van der Waals surface area contributed by atoms with Gasteiger partial charge in [0.1, 0.15) is 0 Å². The Morgan fingerprint density at radius 3 is 2.72 bits per heavy atom. The van der Waals surface area contributed by atoms with Gasteiger partial charge in [0.25, 0.3) is 0 Å². The van der Waals surface area contributed by atoms with E-state index in [1.165, 1.54) is 11.1 Å². The molecule has 1 aromatic heterocycles.